The van der Waals surface area contributed by atoms with E-state index < -0.39 is 0 Å². The van der Waals surface area contributed by atoms with Crippen LogP contribution in [0.4, 0.5) is 17.5 Å². The van der Waals surface area contributed by atoms with Gasteiger partial charge in [0.05, 0.1) is 6.20 Å². The lowest BCUT2D eigenvalue weighted by Crippen LogP contribution is -2.23. The summed E-state index contributed by atoms with van der Waals surface area (Å²) in [5, 5.41) is 11.3. The average molecular weight is 285 g/mol. The average Bonchev–Trinajstić information content (AvgIpc) is 2.49. The van der Waals surface area contributed by atoms with E-state index in [4.69, 9.17) is 0 Å². The van der Waals surface area contributed by atoms with Crippen molar-refractivity contribution in [2.24, 2.45) is 0 Å². The zero-order valence-electron chi connectivity index (χ0n) is 13.2. The molecule has 0 saturated heterocycles. The van der Waals surface area contributed by atoms with Crippen LogP contribution in [0, 0.1) is 0 Å². The summed E-state index contributed by atoms with van der Waals surface area (Å²) in [4.78, 5) is 6.65. The van der Waals surface area contributed by atoms with Crippen molar-refractivity contribution in [3.8, 4) is 0 Å². The molecule has 1 heterocycles. The van der Waals surface area contributed by atoms with Crippen molar-refractivity contribution in [2.75, 3.05) is 23.3 Å². The van der Waals surface area contributed by atoms with E-state index in [2.05, 4.69) is 65.2 Å². The minimum absolute atomic E-state index is 0.525. The Kier molecular flexibility index (Phi) is 5.09. The molecule has 0 fully saturated rings. The molecule has 0 aliphatic heterocycles. The standard InChI is InChI=1S/C16H23N5/c1-5-21(6-2)15-11-17-20-16(19-15)18-14-9-7-13(8-10-14)12(3)4/h7-12H,5-6H2,1-4H3,(H,18,19,20). The van der Waals surface area contributed by atoms with E-state index in [0.717, 1.165) is 24.6 Å². The van der Waals surface area contributed by atoms with Gasteiger partial charge in [-0.15, -0.1) is 5.10 Å². The summed E-state index contributed by atoms with van der Waals surface area (Å²) < 4.78 is 0. The second-order valence-electron chi connectivity index (χ2n) is 5.21. The van der Waals surface area contributed by atoms with Gasteiger partial charge in [0.2, 0.25) is 5.95 Å². The number of nitrogens with one attached hydrogen (secondary N) is 1. The molecule has 1 N–H and O–H groups in total. The normalized spacial score (nSPS) is 10.7. The maximum absolute atomic E-state index is 4.51. The second kappa shape index (κ2) is 7.02. The van der Waals surface area contributed by atoms with Gasteiger partial charge in [0.1, 0.15) is 0 Å². The molecular weight excluding hydrogens is 262 g/mol. The van der Waals surface area contributed by atoms with Crippen molar-refractivity contribution in [3.05, 3.63) is 36.0 Å². The number of benzene rings is 1. The molecular formula is C16H23N5. The monoisotopic (exact) mass is 285 g/mol. The summed E-state index contributed by atoms with van der Waals surface area (Å²) in [5.74, 6) is 1.90. The highest BCUT2D eigenvalue weighted by molar-refractivity contribution is 5.55. The van der Waals surface area contributed by atoms with Crippen LogP contribution in [0.3, 0.4) is 0 Å². The summed E-state index contributed by atoms with van der Waals surface area (Å²) in [6.07, 6.45) is 1.69. The summed E-state index contributed by atoms with van der Waals surface area (Å²) in [6.45, 7) is 10.4. The first-order valence-corrected chi connectivity index (χ1v) is 7.45. The smallest absolute Gasteiger partial charge is 0.249 e. The van der Waals surface area contributed by atoms with Crippen molar-refractivity contribution in [1.29, 1.82) is 0 Å². The molecule has 1 aromatic heterocycles. The maximum Gasteiger partial charge on any atom is 0.249 e. The maximum atomic E-state index is 4.51. The van der Waals surface area contributed by atoms with Crippen molar-refractivity contribution in [1.82, 2.24) is 15.2 Å². The van der Waals surface area contributed by atoms with Crippen LogP contribution in [0.1, 0.15) is 39.2 Å². The molecule has 0 atom stereocenters. The Morgan fingerprint density at radius 3 is 2.33 bits per heavy atom. The molecule has 0 unspecified atom stereocenters. The van der Waals surface area contributed by atoms with Crippen LogP contribution in [0.25, 0.3) is 0 Å². The SMILES string of the molecule is CCN(CC)c1cnnc(Nc2ccc(C(C)C)cc2)n1. The summed E-state index contributed by atoms with van der Waals surface area (Å²) in [7, 11) is 0. The quantitative estimate of drug-likeness (QED) is 0.879. The van der Waals surface area contributed by atoms with Crippen LogP contribution >= 0.6 is 0 Å². The van der Waals surface area contributed by atoms with E-state index in [1.165, 1.54) is 5.56 Å². The number of anilines is 3. The van der Waals surface area contributed by atoms with E-state index >= 15 is 0 Å². The van der Waals surface area contributed by atoms with E-state index in [9.17, 15) is 0 Å². The van der Waals surface area contributed by atoms with Crippen LogP contribution < -0.4 is 10.2 Å². The molecule has 2 rings (SSSR count). The molecule has 5 nitrogen and oxygen atoms in total. The molecule has 0 radical (unpaired) electrons. The van der Waals surface area contributed by atoms with Gasteiger partial charge >= 0.3 is 0 Å². The molecule has 5 heteroatoms. The van der Waals surface area contributed by atoms with Crippen molar-refractivity contribution in [3.63, 3.8) is 0 Å². The highest BCUT2D eigenvalue weighted by Crippen LogP contribution is 2.19. The topological polar surface area (TPSA) is 53.9 Å². The molecule has 112 valence electrons. The number of aromatic nitrogens is 3. The summed E-state index contributed by atoms with van der Waals surface area (Å²) in [5.41, 5.74) is 2.29. The van der Waals surface area contributed by atoms with Gasteiger partial charge in [-0.2, -0.15) is 10.1 Å². The Bertz CT molecular complexity index is 561. The Balaban J connectivity index is 2.14. The predicted molar refractivity (Wildman–Crippen MR) is 87.2 cm³/mol. The molecule has 0 aliphatic carbocycles. The van der Waals surface area contributed by atoms with Crippen LogP contribution in [0.15, 0.2) is 30.5 Å². The van der Waals surface area contributed by atoms with Crippen LogP contribution in [-0.4, -0.2) is 28.3 Å². The highest BCUT2D eigenvalue weighted by atomic mass is 15.3. The fourth-order valence-corrected chi connectivity index (χ4v) is 2.13. The fourth-order valence-electron chi connectivity index (χ4n) is 2.13. The molecule has 0 saturated carbocycles. The molecule has 0 amide bonds. The van der Waals surface area contributed by atoms with Crippen LogP contribution in [-0.2, 0) is 0 Å². The lowest BCUT2D eigenvalue weighted by molar-refractivity contribution is 0.826. The van der Waals surface area contributed by atoms with Gasteiger partial charge in [0.25, 0.3) is 0 Å². The van der Waals surface area contributed by atoms with E-state index in [0.29, 0.717) is 11.9 Å². The summed E-state index contributed by atoms with van der Waals surface area (Å²) >= 11 is 0. The fraction of sp³-hybridized carbons (Fsp3) is 0.438. The lowest BCUT2D eigenvalue weighted by atomic mass is 10.0. The van der Waals surface area contributed by atoms with Gasteiger partial charge in [-0.1, -0.05) is 26.0 Å². The molecule has 0 aliphatic rings. The first kappa shape index (κ1) is 15.2. The number of nitrogens with zero attached hydrogens (tertiary/aromatic N) is 4. The van der Waals surface area contributed by atoms with E-state index in [1.54, 1.807) is 6.20 Å². The molecule has 2 aromatic rings. The van der Waals surface area contributed by atoms with Crippen LogP contribution in [0.2, 0.25) is 0 Å². The minimum Gasteiger partial charge on any atom is -0.356 e. The Labute approximate surface area is 126 Å². The number of hydrogen-bond acceptors (Lipinski definition) is 5. The van der Waals surface area contributed by atoms with Gasteiger partial charge in [-0.05, 0) is 37.5 Å². The van der Waals surface area contributed by atoms with E-state index in [-0.39, 0.29) is 0 Å². The first-order chi connectivity index (χ1) is 10.1. The van der Waals surface area contributed by atoms with Gasteiger partial charge in [-0.25, -0.2) is 0 Å². The zero-order valence-corrected chi connectivity index (χ0v) is 13.2. The highest BCUT2D eigenvalue weighted by Gasteiger charge is 2.07. The summed E-state index contributed by atoms with van der Waals surface area (Å²) in [6, 6.07) is 8.33. The van der Waals surface area contributed by atoms with Crippen molar-refractivity contribution in [2.45, 2.75) is 33.6 Å². The van der Waals surface area contributed by atoms with E-state index in [1.807, 2.05) is 12.1 Å². The van der Waals surface area contributed by atoms with Gasteiger partial charge in [0.15, 0.2) is 5.82 Å². The van der Waals surface area contributed by atoms with Crippen LogP contribution in [0.5, 0.6) is 0 Å². The zero-order chi connectivity index (χ0) is 15.2. The largest absolute Gasteiger partial charge is 0.356 e. The third-order valence-electron chi connectivity index (χ3n) is 3.47. The molecule has 21 heavy (non-hydrogen) atoms. The molecule has 0 bridgehead atoms. The Hall–Kier alpha value is -2.17. The van der Waals surface area contributed by atoms with Gasteiger partial charge < -0.3 is 10.2 Å². The minimum atomic E-state index is 0.525. The van der Waals surface area contributed by atoms with Crippen molar-refractivity contribution < 1.29 is 0 Å². The first-order valence-electron chi connectivity index (χ1n) is 7.45. The number of rotatable bonds is 6. The second-order valence-corrected chi connectivity index (χ2v) is 5.21. The van der Waals surface area contributed by atoms with Gasteiger partial charge in [-0.3, -0.25) is 0 Å². The Morgan fingerprint density at radius 2 is 1.76 bits per heavy atom. The lowest BCUT2D eigenvalue weighted by Gasteiger charge is -2.19. The third kappa shape index (κ3) is 3.90. The predicted octanol–water partition coefficient (Wildman–Crippen LogP) is 3.58. The molecule has 1 aromatic carbocycles. The third-order valence-corrected chi connectivity index (χ3v) is 3.47. The number of hydrogen-bond donors (Lipinski definition) is 1. The van der Waals surface area contributed by atoms with Crippen molar-refractivity contribution >= 4 is 17.5 Å². The molecule has 0 spiro atoms. The Morgan fingerprint density at radius 1 is 1.10 bits per heavy atom. The van der Waals surface area contributed by atoms with Gasteiger partial charge in [0, 0.05) is 18.8 Å².